The van der Waals surface area contributed by atoms with Gasteiger partial charge in [-0.3, -0.25) is 4.90 Å². The Hall–Kier alpha value is -0.770. The van der Waals surface area contributed by atoms with Gasteiger partial charge in [-0.25, -0.2) is 0 Å². The molecule has 0 aromatic rings. The molecule has 0 heterocycles. The van der Waals surface area contributed by atoms with Gasteiger partial charge in [0.2, 0.25) is 0 Å². The molecule has 0 aromatic heterocycles. The molecule has 0 aliphatic heterocycles. The third kappa shape index (κ3) is 3.87. The second-order valence-corrected chi connectivity index (χ2v) is 5.53. The van der Waals surface area contributed by atoms with Gasteiger partial charge in [0, 0.05) is 18.5 Å². The van der Waals surface area contributed by atoms with Crippen LogP contribution in [0.15, 0.2) is 5.16 Å². The molecule has 3 atom stereocenters. The summed E-state index contributed by atoms with van der Waals surface area (Å²) in [6.45, 7) is 8.48. The molecule has 1 aliphatic rings. The van der Waals surface area contributed by atoms with Gasteiger partial charge in [0.25, 0.3) is 0 Å². The lowest BCUT2D eigenvalue weighted by molar-refractivity contribution is 0.0995. The molecule has 0 saturated heterocycles. The number of oxime groups is 1. The molecule has 1 rings (SSSR count). The van der Waals surface area contributed by atoms with Crippen molar-refractivity contribution < 1.29 is 5.21 Å². The third-order valence-electron chi connectivity index (χ3n) is 4.40. The van der Waals surface area contributed by atoms with E-state index in [0.29, 0.717) is 11.9 Å². The van der Waals surface area contributed by atoms with E-state index in [1.54, 1.807) is 0 Å². The van der Waals surface area contributed by atoms with Gasteiger partial charge in [0.05, 0.1) is 0 Å². The molecule has 0 aromatic carbocycles. The van der Waals surface area contributed by atoms with Crippen LogP contribution in [0.2, 0.25) is 0 Å². The number of nitrogens with two attached hydrogens (primary N) is 1. The first-order valence-corrected chi connectivity index (χ1v) is 7.35. The van der Waals surface area contributed by atoms with E-state index >= 15 is 0 Å². The summed E-state index contributed by atoms with van der Waals surface area (Å²) in [4.78, 5) is 2.52. The lowest BCUT2D eigenvalue weighted by Gasteiger charge is -2.40. The van der Waals surface area contributed by atoms with Crippen LogP contribution in [0.25, 0.3) is 0 Å². The number of rotatable bonds is 6. The van der Waals surface area contributed by atoms with Crippen LogP contribution in [-0.2, 0) is 0 Å². The van der Waals surface area contributed by atoms with E-state index in [-0.39, 0.29) is 5.92 Å². The van der Waals surface area contributed by atoms with Gasteiger partial charge in [-0.05, 0) is 25.3 Å². The summed E-state index contributed by atoms with van der Waals surface area (Å²) >= 11 is 0. The summed E-state index contributed by atoms with van der Waals surface area (Å²) in [5.74, 6) is 1.28. The first-order valence-electron chi connectivity index (χ1n) is 7.35. The van der Waals surface area contributed by atoms with Crippen molar-refractivity contribution in [1.82, 2.24) is 4.90 Å². The summed E-state index contributed by atoms with van der Waals surface area (Å²) in [6.07, 6.45) is 6.64. The Morgan fingerprint density at radius 2 is 2.06 bits per heavy atom. The average Bonchev–Trinajstić information content (AvgIpc) is 2.43. The molecule has 1 fully saturated rings. The van der Waals surface area contributed by atoms with E-state index in [9.17, 15) is 0 Å². The Balaban J connectivity index is 2.63. The van der Waals surface area contributed by atoms with Crippen molar-refractivity contribution in [3.8, 4) is 0 Å². The molecule has 4 nitrogen and oxygen atoms in total. The molecule has 1 saturated carbocycles. The fourth-order valence-corrected chi connectivity index (χ4v) is 3.19. The zero-order valence-electron chi connectivity index (χ0n) is 12.1. The molecule has 0 radical (unpaired) electrons. The minimum absolute atomic E-state index is 0.120. The molecule has 18 heavy (non-hydrogen) atoms. The van der Waals surface area contributed by atoms with Gasteiger partial charge >= 0.3 is 0 Å². The monoisotopic (exact) mass is 255 g/mol. The third-order valence-corrected chi connectivity index (χ3v) is 4.40. The van der Waals surface area contributed by atoms with E-state index in [0.717, 1.165) is 19.0 Å². The van der Waals surface area contributed by atoms with Crippen LogP contribution in [0.1, 0.15) is 52.9 Å². The van der Waals surface area contributed by atoms with Crippen molar-refractivity contribution in [3.63, 3.8) is 0 Å². The average molecular weight is 255 g/mol. The Labute approximate surface area is 111 Å². The Morgan fingerprint density at radius 1 is 1.39 bits per heavy atom. The standard InChI is InChI=1S/C14H29N3O/c1-4-12-8-6-7-9-13(12)17(5-2)10-11(3)14(15)16-18/h11-13,18H,4-10H2,1-3H3,(H2,15,16). The van der Waals surface area contributed by atoms with Crippen LogP contribution in [0.4, 0.5) is 0 Å². The summed E-state index contributed by atoms with van der Waals surface area (Å²) in [5.41, 5.74) is 5.69. The number of hydrogen-bond acceptors (Lipinski definition) is 3. The quantitative estimate of drug-likeness (QED) is 0.332. The minimum atomic E-state index is 0.120. The van der Waals surface area contributed by atoms with E-state index in [1.165, 1.54) is 32.1 Å². The topological polar surface area (TPSA) is 61.8 Å². The van der Waals surface area contributed by atoms with E-state index in [4.69, 9.17) is 10.9 Å². The Kier molecular flexibility index (Phi) is 6.47. The molecular formula is C14H29N3O. The molecule has 106 valence electrons. The smallest absolute Gasteiger partial charge is 0.143 e. The van der Waals surface area contributed by atoms with Crippen LogP contribution in [-0.4, -0.2) is 35.1 Å². The van der Waals surface area contributed by atoms with Crippen LogP contribution in [0.5, 0.6) is 0 Å². The zero-order chi connectivity index (χ0) is 13.5. The minimum Gasteiger partial charge on any atom is -0.409 e. The predicted molar refractivity (Wildman–Crippen MR) is 75.9 cm³/mol. The zero-order valence-corrected chi connectivity index (χ0v) is 12.1. The highest BCUT2D eigenvalue weighted by Crippen LogP contribution is 2.31. The molecule has 1 aliphatic carbocycles. The summed E-state index contributed by atoms with van der Waals surface area (Å²) in [6, 6.07) is 0.683. The van der Waals surface area contributed by atoms with E-state index in [2.05, 4.69) is 23.9 Å². The van der Waals surface area contributed by atoms with E-state index < -0.39 is 0 Å². The molecule has 0 amide bonds. The van der Waals surface area contributed by atoms with Gasteiger partial charge in [0.1, 0.15) is 5.84 Å². The Morgan fingerprint density at radius 3 is 2.61 bits per heavy atom. The molecule has 4 heteroatoms. The highest BCUT2D eigenvalue weighted by atomic mass is 16.4. The van der Waals surface area contributed by atoms with Crippen LogP contribution in [0.3, 0.4) is 0 Å². The van der Waals surface area contributed by atoms with E-state index in [1.807, 2.05) is 6.92 Å². The normalized spacial score (nSPS) is 27.4. The van der Waals surface area contributed by atoms with Gasteiger partial charge in [0.15, 0.2) is 0 Å². The number of nitrogens with zero attached hydrogens (tertiary/aromatic N) is 2. The van der Waals surface area contributed by atoms with Crippen molar-refractivity contribution in [2.45, 2.75) is 58.9 Å². The highest BCUT2D eigenvalue weighted by Gasteiger charge is 2.29. The van der Waals surface area contributed by atoms with Crippen molar-refractivity contribution in [2.75, 3.05) is 13.1 Å². The van der Waals surface area contributed by atoms with Crippen LogP contribution >= 0.6 is 0 Å². The molecular weight excluding hydrogens is 226 g/mol. The Bertz CT molecular complexity index is 268. The van der Waals surface area contributed by atoms with Gasteiger partial charge in [-0.2, -0.15) is 0 Å². The lowest BCUT2D eigenvalue weighted by atomic mass is 9.81. The number of amidine groups is 1. The number of hydrogen-bond donors (Lipinski definition) is 2. The van der Waals surface area contributed by atoms with Gasteiger partial charge < -0.3 is 10.9 Å². The molecule has 3 unspecified atom stereocenters. The van der Waals surface area contributed by atoms with Crippen molar-refractivity contribution in [1.29, 1.82) is 0 Å². The fraction of sp³-hybridized carbons (Fsp3) is 0.929. The largest absolute Gasteiger partial charge is 0.409 e. The first kappa shape index (κ1) is 15.3. The van der Waals surface area contributed by atoms with Crippen molar-refractivity contribution >= 4 is 5.84 Å². The van der Waals surface area contributed by atoms with Crippen molar-refractivity contribution in [3.05, 3.63) is 0 Å². The maximum atomic E-state index is 8.74. The summed E-state index contributed by atoms with van der Waals surface area (Å²) in [5, 5.41) is 11.9. The summed E-state index contributed by atoms with van der Waals surface area (Å²) < 4.78 is 0. The van der Waals surface area contributed by atoms with Crippen LogP contribution in [0, 0.1) is 11.8 Å². The van der Waals surface area contributed by atoms with Gasteiger partial charge in [-0.15, -0.1) is 0 Å². The second kappa shape index (κ2) is 7.62. The molecule has 0 spiro atoms. The second-order valence-electron chi connectivity index (χ2n) is 5.53. The molecule has 0 bridgehead atoms. The predicted octanol–water partition coefficient (Wildman–Crippen LogP) is 2.66. The van der Waals surface area contributed by atoms with Gasteiger partial charge in [-0.1, -0.05) is 45.2 Å². The fourth-order valence-electron chi connectivity index (χ4n) is 3.19. The lowest BCUT2D eigenvalue weighted by Crippen LogP contribution is -2.46. The van der Waals surface area contributed by atoms with Crippen molar-refractivity contribution in [2.24, 2.45) is 22.7 Å². The summed E-state index contributed by atoms with van der Waals surface area (Å²) in [7, 11) is 0. The maximum Gasteiger partial charge on any atom is 0.143 e. The van der Waals surface area contributed by atoms with Crippen LogP contribution < -0.4 is 5.73 Å². The maximum absolute atomic E-state index is 8.74. The SMILES string of the molecule is CCC1CCCCC1N(CC)CC(C)C(N)=NO. The molecule has 3 N–H and O–H groups in total. The highest BCUT2D eigenvalue weighted by molar-refractivity contribution is 5.82. The first-order chi connectivity index (χ1) is 8.63.